The van der Waals surface area contributed by atoms with Crippen LogP contribution in [-0.4, -0.2) is 37.3 Å². The van der Waals surface area contributed by atoms with Crippen LogP contribution in [0.25, 0.3) is 0 Å². The average molecular weight is 271 g/mol. The van der Waals surface area contributed by atoms with E-state index in [1.807, 2.05) is 13.8 Å². The van der Waals surface area contributed by atoms with E-state index in [0.717, 1.165) is 12.5 Å². The normalized spacial score (nSPS) is 19.6. The molecular weight excluding hydrogens is 252 g/mol. The van der Waals surface area contributed by atoms with Gasteiger partial charge in [0.2, 0.25) is 0 Å². The van der Waals surface area contributed by atoms with Crippen molar-refractivity contribution in [3.63, 3.8) is 0 Å². The molecule has 1 unspecified atom stereocenters. The Morgan fingerprint density at radius 1 is 1.47 bits per heavy atom. The highest BCUT2D eigenvalue weighted by molar-refractivity contribution is 5.49. The van der Waals surface area contributed by atoms with Crippen molar-refractivity contribution in [3.8, 4) is 0 Å². The van der Waals surface area contributed by atoms with Crippen molar-refractivity contribution in [1.29, 1.82) is 0 Å². The lowest BCUT2D eigenvalue weighted by molar-refractivity contribution is 0.0527. The van der Waals surface area contributed by atoms with Gasteiger partial charge in [0.25, 0.3) is 0 Å². The molecule has 2 rings (SSSR count). The van der Waals surface area contributed by atoms with Crippen LogP contribution in [0.3, 0.4) is 0 Å². The number of anilines is 2. The second-order valence-corrected chi connectivity index (χ2v) is 4.68. The van der Waals surface area contributed by atoms with Gasteiger partial charge < -0.3 is 15.0 Å². The van der Waals surface area contributed by atoms with Gasteiger partial charge in [-0.2, -0.15) is 0 Å². The van der Waals surface area contributed by atoms with E-state index in [0.29, 0.717) is 26.2 Å². The van der Waals surface area contributed by atoms with Crippen LogP contribution in [0.1, 0.15) is 20.3 Å². The minimum Gasteiger partial charge on any atom is -0.375 e. The van der Waals surface area contributed by atoms with Crippen LogP contribution in [0.4, 0.5) is 20.4 Å². The molecule has 0 amide bonds. The summed E-state index contributed by atoms with van der Waals surface area (Å²) in [5.74, 6) is -0.989. The molecular formula is C13H19F2N3O. The second-order valence-electron chi connectivity index (χ2n) is 4.68. The van der Waals surface area contributed by atoms with E-state index in [1.54, 1.807) is 4.90 Å². The summed E-state index contributed by atoms with van der Waals surface area (Å²) in [4.78, 5) is 5.87. The van der Waals surface area contributed by atoms with Crippen LogP contribution in [0.15, 0.2) is 6.07 Å². The first-order valence-electron chi connectivity index (χ1n) is 6.58. The SMILES string of the molecule is CCCNc1nc(N2CCOC(C)C2)c(F)cc1F. The third kappa shape index (κ3) is 3.32. The smallest absolute Gasteiger partial charge is 0.168 e. The maximum absolute atomic E-state index is 13.9. The van der Waals surface area contributed by atoms with Crippen LogP contribution in [-0.2, 0) is 4.74 Å². The van der Waals surface area contributed by atoms with Crippen LogP contribution < -0.4 is 10.2 Å². The summed E-state index contributed by atoms with van der Waals surface area (Å²) in [5.41, 5.74) is 0. The first-order chi connectivity index (χ1) is 9.11. The summed E-state index contributed by atoms with van der Waals surface area (Å²) >= 11 is 0. The second kappa shape index (κ2) is 6.14. The standard InChI is InChI=1S/C13H19F2N3O/c1-3-4-16-12-10(14)7-11(15)13(17-12)18-5-6-19-9(2)8-18/h7,9H,3-6,8H2,1-2H3,(H,16,17). The molecule has 0 bridgehead atoms. The Hall–Kier alpha value is -1.43. The van der Waals surface area contributed by atoms with Gasteiger partial charge in [-0.3, -0.25) is 0 Å². The lowest BCUT2D eigenvalue weighted by Crippen LogP contribution is -2.42. The highest BCUT2D eigenvalue weighted by Gasteiger charge is 2.22. The molecule has 1 aliphatic heterocycles. The molecule has 19 heavy (non-hydrogen) atoms. The Balaban J connectivity index is 2.23. The number of hydrogen-bond acceptors (Lipinski definition) is 4. The Labute approximate surface area is 111 Å². The third-order valence-corrected chi connectivity index (χ3v) is 2.99. The van der Waals surface area contributed by atoms with Crippen molar-refractivity contribution in [2.24, 2.45) is 0 Å². The van der Waals surface area contributed by atoms with Crippen LogP contribution in [0.5, 0.6) is 0 Å². The molecule has 1 aromatic rings. The largest absolute Gasteiger partial charge is 0.375 e. The molecule has 1 aromatic heterocycles. The zero-order valence-electron chi connectivity index (χ0n) is 11.2. The highest BCUT2D eigenvalue weighted by Crippen LogP contribution is 2.24. The first kappa shape index (κ1) is 14.0. The van der Waals surface area contributed by atoms with Gasteiger partial charge in [-0.05, 0) is 13.3 Å². The minimum absolute atomic E-state index is 0.0204. The number of pyridine rings is 1. The number of hydrogen-bond donors (Lipinski definition) is 1. The zero-order chi connectivity index (χ0) is 13.8. The summed E-state index contributed by atoms with van der Waals surface area (Å²) < 4.78 is 32.8. The number of halogens is 2. The molecule has 4 nitrogen and oxygen atoms in total. The summed E-state index contributed by atoms with van der Waals surface area (Å²) in [5, 5.41) is 2.87. The maximum atomic E-state index is 13.9. The molecule has 0 radical (unpaired) electrons. The summed E-state index contributed by atoms with van der Waals surface area (Å²) in [6.45, 7) is 6.14. The van der Waals surface area contributed by atoms with Crippen LogP contribution in [0, 0.1) is 11.6 Å². The Bertz CT molecular complexity index is 442. The molecule has 1 fully saturated rings. The molecule has 6 heteroatoms. The van der Waals surface area contributed by atoms with Crippen molar-refractivity contribution >= 4 is 11.6 Å². The van der Waals surface area contributed by atoms with Crippen LogP contribution >= 0.6 is 0 Å². The number of nitrogens with zero attached hydrogens (tertiary/aromatic N) is 2. The van der Waals surface area contributed by atoms with Gasteiger partial charge in [0.15, 0.2) is 23.3 Å². The van der Waals surface area contributed by atoms with E-state index in [4.69, 9.17) is 4.74 Å². The van der Waals surface area contributed by atoms with E-state index < -0.39 is 11.6 Å². The quantitative estimate of drug-likeness (QED) is 0.912. The molecule has 0 spiro atoms. The molecule has 0 saturated carbocycles. The van der Waals surface area contributed by atoms with Gasteiger partial charge in [0, 0.05) is 25.7 Å². The molecule has 1 atom stereocenters. The Kier molecular flexibility index (Phi) is 4.52. The molecule has 0 aliphatic carbocycles. The maximum Gasteiger partial charge on any atom is 0.168 e. The fourth-order valence-corrected chi connectivity index (χ4v) is 2.06. The van der Waals surface area contributed by atoms with Crippen molar-refractivity contribution in [3.05, 3.63) is 17.7 Å². The molecule has 1 N–H and O–H groups in total. The Morgan fingerprint density at radius 2 is 2.26 bits per heavy atom. The lowest BCUT2D eigenvalue weighted by Gasteiger charge is -2.32. The predicted octanol–water partition coefficient (Wildman–Crippen LogP) is 2.41. The molecule has 2 heterocycles. The summed E-state index contributed by atoms with van der Waals surface area (Å²) in [6, 6.07) is 0.889. The van der Waals surface area contributed by atoms with E-state index in [9.17, 15) is 8.78 Å². The van der Waals surface area contributed by atoms with Crippen molar-refractivity contribution < 1.29 is 13.5 Å². The highest BCUT2D eigenvalue weighted by atomic mass is 19.1. The number of morpholine rings is 1. The molecule has 1 saturated heterocycles. The van der Waals surface area contributed by atoms with Crippen LogP contribution in [0.2, 0.25) is 0 Å². The predicted molar refractivity (Wildman–Crippen MR) is 70.6 cm³/mol. The van der Waals surface area contributed by atoms with E-state index >= 15 is 0 Å². The van der Waals surface area contributed by atoms with Gasteiger partial charge in [0.1, 0.15) is 0 Å². The van der Waals surface area contributed by atoms with Gasteiger partial charge in [-0.1, -0.05) is 6.92 Å². The first-order valence-corrected chi connectivity index (χ1v) is 6.58. The van der Waals surface area contributed by atoms with Gasteiger partial charge in [-0.25, -0.2) is 13.8 Å². The zero-order valence-corrected chi connectivity index (χ0v) is 11.2. The molecule has 1 aliphatic rings. The molecule has 0 aromatic carbocycles. The number of aromatic nitrogens is 1. The number of rotatable bonds is 4. The molecule has 106 valence electrons. The fraction of sp³-hybridized carbons (Fsp3) is 0.615. The average Bonchev–Trinajstić information content (AvgIpc) is 2.38. The van der Waals surface area contributed by atoms with E-state index in [1.165, 1.54) is 0 Å². The van der Waals surface area contributed by atoms with Crippen molar-refractivity contribution in [2.45, 2.75) is 26.4 Å². The van der Waals surface area contributed by atoms with Crippen molar-refractivity contribution in [2.75, 3.05) is 36.5 Å². The summed E-state index contributed by atoms with van der Waals surface area (Å²) in [6.07, 6.45) is 0.870. The van der Waals surface area contributed by atoms with E-state index in [-0.39, 0.29) is 17.7 Å². The van der Waals surface area contributed by atoms with Crippen molar-refractivity contribution in [1.82, 2.24) is 4.98 Å². The van der Waals surface area contributed by atoms with E-state index in [2.05, 4.69) is 10.3 Å². The van der Waals surface area contributed by atoms with Gasteiger partial charge >= 0.3 is 0 Å². The van der Waals surface area contributed by atoms with Gasteiger partial charge in [-0.15, -0.1) is 0 Å². The lowest BCUT2D eigenvalue weighted by atomic mass is 10.3. The number of nitrogens with one attached hydrogen (secondary N) is 1. The topological polar surface area (TPSA) is 37.4 Å². The fourth-order valence-electron chi connectivity index (χ4n) is 2.06. The Morgan fingerprint density at radius 3 is 2.95 bits per heavy atom. The minimum atomic E-state index is -0.656. The monoisotopic (exact) mass is 271 g/mol. The number of ether oxygens (including phenoxy) is 1. The summed E-state index contributed by atoms with van der Waals surface area (Å²) in [7, 11) is 0. The third-order valence-electron chi connectivity index (χ3n) is 2.99. The van der Waals surface area contributed by atoms with Gasteiger partial charge in [0.05, 0.1) is 12.7 Å².